The van der Waals surface area contributed by atoms with E-state index >= 15 is 0 Å². The van der Waals surface area contributed by atoms with E-state index in [1.807, 2.05) is 13.0 Å². The molecule has 1 aromatic rings. The highest BCUT2D eigenvalue weighted by Crippen LogP contribution is 2.29. The molecule has 0 atom stereocenters. The molecule has 0 amide bonds. The van der Waals surface area contributed by atoms with Crippen molar-refractivity contribution in [2.75, 3.05) is 7.11 Å². The molecule has 0 aliphatic rings. The van der Waals surface area contributed by atoms with Gasteiger partial charge in [-0.1, -0.05) is 34.9 Å². The Morgan fingerprint density at radius 2 is 1.56 bits per heavy atom. The van der Waals surface area contributed by atoms with E-state index in [4.69, 9.17) is 4.74 Å². The summed E-state index contributed by atoms with van der Waals surface area (Å²) >= 11 is 0. The Kier molecular flexibility index (Phi) is 9.12. The van der Waals surface area contributed by atoms with Crippen molar-refractivity contribution in [1.82, 2.24) is 0 Å². The molecule has 2 heteroatoms. The van der Waals surface area contributed by atoms with Crippen molar-refractivity contribution < 1.29 is 9.84 Å². The molecule has 0 fully saturated rings. The molecule has 0 unspecified atom stereocenters. The molecule has 138 valence electrons. The maximum Gasteiger partial charge on any atom is 0.122 e. The minimum atomic E-state index is 0.330. The van der Waals surface area contributed by atoms with Gasteiger partial charge in [-0.05, 0) is 84.4 Å². The molecule has 0 saturated heterocycles. The number of aromatic hydroxyl groups is 1. The van der Waals surface area contributed by atoms with Crippen molar-refractivity contribution in [3.05, 3.63) is 58.2 Å². The third-order valence-corrected chi connectivity index (χ3v) is 4.52. The van der Waals surface area contributed by atoms with Crippen LogP contribution in [0.25, 0.3) is 0 Å². The Morgan fingerprint density at radius 1 is 0.960 bits per heavy atom. The van der Waals surface area contributed by atoms with Gasteiger partial charge in [0.1, 0.15) is 11.5 Å². The Hall–Kier alpha value is -1.96. The van der Waals surface area contributed by atoms with E-state index < -0.39 is 0 Å². The number of ether oxygens (including phenoxy) is 1. The van der Waals surface area contributed by atoms with Crippen molar-refractivity contribution in [3.63, 3.8) is 0 Å². The smallest absolute Gasteiger partial charge is 0.122 e. The molecular formula is C23H34O2. The third-order valence-electron chi connectivity index (χ3n) is 4.52. The lowest BCUT2D eigenvalue weighted by Gasteiger charge is -2.12. The van der Waals surface area contributed by atoms with Gasteiger partial charge in [-0.15, -0.1) is 0 Å². The summed E-state index contributed by atoms with van der Waals surface area (Å²) in [4.78, 5) is 0. The molecule has 1 aromatic carbocycles. The van der Waals surface area contributed by atoms with Gasteiger partial charge in [0.25, 0.3) is 0 Å². The fraction of sp³-hybridized carbons (Fsp3) is 0.478. The van der Waals surface area contributed by atoms with Gasteiger partial charge in [0.05, 0.1) is 7.11 Å². The van der Waals surface area contributed by atoms with Crippen LogP contribution in [0.2, 0.25) is 0 Å². The second-order valence-electron chi connectivity index (χ2n) is 7.05. The Morgan fingerprint density at radius 3 is 2.16 bits per heavy atom. The van der Waals surface area contributed by atoms with E-state index in [0.717, 1.165) is 49.0 Å². The Labute approximate surface area is 153 Å². The number of rotatable bonds is 9. The number of allylic oxidation sites excluding steroid dienone is 6. The summed E-state index contributed by atoms with van der Waals surface area (Å²) < 4.78 is 5.43. The average molecular weight is 343 g/mol. The van der Waals surface area contributed by atoms with E-state index in [0.29, 0.717) is 5.75 Å². The lowest BCUT2D eigenvalue weighted by atomic mass is 10.0. The van der Waals surface area contributed by atoms with E-state index in [1.54, 1.807) is 13.2 Å². The van der Waals surface area contributed by atoms with Crippen LogP contribution < -0.4 is 4.74 Å². The second-order valence-corrected chi connectivity index (χ2v) is 7.05. The van der Waals surface area contributed by atoms with Gasteiger partial charge >= 0.3 is 0 Å². The molecular weight excluding hydrogens is 308 g/mol. The van der Waals surface area contributed by atoms with Crippen LogP contribution >= 0.6 is 0 Å². The number of phenols is 1. The van der Waals surface area contributed by atoms with Crippen LogP contribution in [0.1, 0.15) is 64.5 Å². The topological polar surface area (TPSA) is 29.5 Å². The highest BCUT2D eigenvalue weighted by atomic mass is 16.5. The van der Waals surface area contributed by atoms with Crippen LogP contribution in [0.5, 0.6) is 11.5 Å². The summed E-state index contributed by atoms with van der Waals surface area (Å²) in [5.41, 5.74) is 6.20. The van der Waals surface area contributed by atoms with Crippen molar-refractivity contribution in [3.8, 4) is 11.5 Å². The van der Waals surface area contributed by atoms with Gasteiger partial charge in [-0.2, -0.15) is 0 Å². The summed E-state index contributed by atoms with van der Waals surface area (Å²) in [6, 6.07) is 3.52. The van der Waals surface area contributed by atoms with Crippen LogP contribution in [0.15, 0.2) is 47.1 Å². The van der Waals surface area contributed by atoms with E-state index in [9.17, 15) is 5.11 Å². The highest BCUT2D eigenvalue weighted by molar-refractivity contribution is 5.48. The van der Waals surface area contributed by atoms with Gasteiger partial charge in [0.15, 0.2) is 0 Å². The monoisotopic (exact) mass is 342 g/mol. The largest absolute Gasteiger partial charge is 0.508 e. The number of methoxy groups -OCH3 is 1. The van der Waals surface area contributed by atoms with Gasteiger partial charge in [0, 0.05) is 5.56 Å². The lowest BCUT2D eigenvalue weighted by molar-refractivity contribution is 0.406. The number of phenolic OH excluding ortho intramolecular Hbond substituents is 1. The summed E-state index contributed by atoms with van der Waals surface area (Å²) in [6.45, 7) is 10.6. The standard InChI is InChI=1S/C23H34O2/c1-17(2)9-7-10-18(3)11-8-12-19(4)13-14-21-20(5)22(24)15-16-23(21)25-6/h9,11,13,15-16,24H,7-8,10,12,14H2,1-6H3/b18-11+,19-13+. The zero-order valence-electron chi connectivity index (χ0n) is 16.8. The Balaban J connectivity index is 2.57. The minimum Gasteiger partial charge on any atom is -0.508 e. The fourth-order valence-corrected chi connectivity index (χ4v) is 2.78. The lowest BCUT2D eigenvalue weighted by Crippen LogP contribution is -1.95. The number of hydrogen-bond acceptors (Lipinski definition) is 2. The molecule has 0 heterocycles. The van der Waals surface area contributed by atoms with Gasteiger partial charge in [-0.25, -0.2) is 0 Å². The zero-order valence-corrected chi connectivity index (χ0v) is 16.8. The van der Waals surface area contributed by atoms with E-state index in [1.165, 1.54) is 16.7 Å². The highest BCUT2D eigenvalue weighted by Gasteiger charge is 2.08. The SMILES string of the molecule is COc1ccc(O)c(C)c1C/C=C(\C)CC/C=C(\C)CCC=C(C)C. The normalized spacial score (nSPS) is 12.2. The molecule has 0 bridgehead atoms. The molecule has 2 nitrogen and oxygen atoms in total. The quantitative estimate of drug-likeness (QED) is 0.508. The first-order chi connectivity index (χ1) is 11.8. The van der Waals surface area contributed by atoms with Gasteiger partial charge < -0.3 is 9.84 Å². The first-order valence-corrected chi connectivity index (χ1v) is 9.15. The second kappa shape index (κ2) is 10.8. The van der Waals surface area contributed by atoms with Crippen LogP contribution in [0, 0.1) is 6.92 Å². The van der Waals surface area contributed by atoms with Crippen LogP contribution in [0.4, 0.5) is 0 Å². The van der Waals surface area contributed by atoms with E-state index in [2.05, 4.69) is 45.9 Å². The Bertz CT molecular complexity index is 644. The fourth-order valence-electron chi connectivity index (χ4n) is 2.78. The molecule has 0 aliphatic heterocycles. The van der Waals surface area contributed by atoms with Crippen molar-refractivity contribution in [2.24, 2.45) is 0 Å². The molecule has 0 radical (unpaired) electrons. The first-order valence-electron chi connectivity index (χ1n) is 9.15. The molecule has 25 heavy (non-hydrogen) atoms. The third kappa shape index (κ3) is 7.64. The van der Waals surface area contributed by atoms with Crippen LogP contribution in [-0.4, -0.2) is 12.2 Å². The summed E-state index contributed by atoms with van der Waals surface area (Å²) in [5, 5.41) is 9.90. The van der Waals surface area contributed by atoms with Crippen molar-refractivity contribution >= 4 is 0 Å². The maximum atomic E-state index is 9.90. The maximum absolute atomic E-state index is 9.90. The molecule has 1 rings (SSSR count). The molecule has 0 spiro atoms. The summed E-state index contributed by atoms with van der Waals surface area (Å²) in [5.74, 6) is 1.17. The molecule has 0 aliphatic carbocycles. The molecule has 1 N–H and O–H groups in total. The number of hydrogen-bond donors (Lipinski definition) is 1. The molecule has 0 saturated carbocycles. The summed E-state index contributed by atoms with van der Waals surface area (Å²) in [7, 11) is 1.68. The predicted octanol–water partition coefficient (Wildman–Crippen LogP) is 6.67. The minimum absolute atomic E-state index is 0.330. The zero-order chi connectivity index (χ0) is 18.8. The van der Waals surface area contributed by atoms with Crippen LogP contribution in [-0.2, 0) is 6.42 Å². The van der Waals surface area contributed by atoms with Crippen molar-refractivity contribution in [1.29, 1.82) is 0 Å². The number of benzene rings is 1. The first kappa shape index (κ1) is 21.1. The van der Waals surface area contributed by atoms with Gasteiger partial charge in [-0.3, -0.25) is 0 Å². The molecule has 0 aromatic heterocycles. The van der Waals surface area contributed by atoms with Crippen LogP contribution in [0.3, 0.4) is 0 Å². The predicted molar refractivity (Wildman–Crippen MR) is 109 cm³/mol. The average Bonchev–Trinajstić information content (AvgIpc) is 2.55. The van der Waals surface area contributed by atoms with Crippen molar-refractivity contribution in [2.45, 2.75) is 66.7 Å². The van der Waals surface area contributed by atoms with E-state index in [-0.39, 0.29) is 0 Å². The summed E-state index contributed by atoms with van der Waals surface area (Å²) in [6.07, 6.45) is 12.1. The van der Waals surface area contributed by atoms with Gasteiger partial charge in [0.2, 0.25) is 0 Å².